The van der Waals surface area contributed by atoms with Crippen molar-refractivity contribution in [2.24, 2.45) is 0 Å². The summed E-state index contributed by atoms with van der Waals surface area (Å²) in [5, 5.41) is 3.52. The SMILES string of the molecule is CCCC(COC)NC1COC(C)(C)OC1. The number of methoxy groups -OCH3 is 1. The van der Waals surface area contributed by atoms with Crippen molar-refractivity contribution >= 4 is 0 Å². The zero-order valence-electron chi connectivity index (χ0n) is 10.9. The zero-order valence-corrected chi connectivity index (χ0v) is 10.9. The molecule has 1 saturated heterocycles. The van der Waals surface area contributed by atoms with Gasteiger partial charge in [-0.1, -0.05) is 13.3 Å². The summed E-state index contributed by atoms with van der Waals surface area (Å²) < 4.78 is 16.4. The minimum atomic E-state index is -0.431. The minimum absolute atomic E-state index is 0.278. The summed E-state index contributed by atoms with van der Waals surface area (Å²) in [4.78, 5) is 0. The van der Waals surface area contributed by atoms with E-state index < -0.39 is 5.79 Å². The average molecular weight is 231 g/mol. The summed E-state index contributed by atoms with van der Waals surface area (Å²) in [6.07, 6.45) is 2.27. The number of rotatable bonds is 6. The summed E-state index contributed by atoms with van der Waals surface area (Å²) in [5.74, 6) is -0.431. The molecule has 1 rings (SSSR count). The van der Waals surface area contributed by atoms with E-state index in [-0.39, 0.29) is 6.04 Å². The molecule has 4 heteroatoms. The third-order valence-corrected chi connectivity index (χ3v) is 2.74. The van der Waals surface area contributed by atoms with E-state index in [1.54, 1.807) is 7.11 Å². The quantitative estimate of drug-likeness (QED) is 0.753. The monoisotopic (exact) mass is 231 g/mol. The maximum atomic E-state index is 5.61. The van der Waals surface area contributed by atoms with Crippen LogP contribution in [0.3, 0.4) is 0 Å². The third-order valence-electron chi connectivity index (χ3n) is 2.74. The summed E-state index contributed by atoms with van der Waals surface area (Å²) in [7, 11) is 1.74. The van der Waals surface area contributed by atoms with E-state index in [4.69, 9.17) is 14.2 Å². The standard InChI is InChI=1S/C12H25NO3/c1-5-6-10(7-14-4)13-11-8-15-12(2,3)16-9-11/h10-11,13H,5-9H2,1-4H3. The molecule has 1 aliphatic heterocycles. The van der Waals surface area contributed by atoms with Crippen molar-refractivity contribution in [2.45, 2.75) is 51.5 Å². The van der Waals surface area contributed by atoms with Crippen molar-refractivity contribution in [3.63, 3.8) is 0 Å². The lowest BCUT2D eigenvalue weighted by Crippen LogP contribution is -2.52. The van der Waals surface area contributed by atoms with Gasteiger partial charge in [0, 0.05) is 13.2 Å². The molecule has 0 aromatic heterocycles. The van der Waals surface area contributed by atoms with E-state index in [1.807, 2.05) is 13.8 Å². The lowest BCUT2D eigenvalue weighted by atomic mass is 10.1. The van der Waals surface area contributed by atoms with Gasteiger partial charge in [-0.05, 0) is 20.3 Å². The highest BCUT2D eigenvalue weighted by atomic mass is 16.7. The molecule has 1 heterocycles. The number of nitrogens with one attached hydrogen (secondary N) is 1. The molecule has 0 radical (unpaired) electrons. The Bertz CT molecular complexity index is 181. The fraction of sp³-hybridized carbons (Fsp3) is 1.00. The highest BCUT2D eigenvalue weighted by molar-refractivity contribution is 4.77. The smallest absolute Gasteiger partial charge is 0.162 e. The zero-order chi connectivity index (χ0) is 12.0. The van der Waals surface area contributed by atoms with Gasteiger partial charge >= 0.3 is 0 Å². The Balaban J connectivity index is 2.30. The van der Waals surface area contributed by atoms with Crippen molar-refractivity contribution in [1.29, 1.82) is 0 Å². The lowest BCUT2D eigenvalue weighted by Gasteiger charge is -2.36. The molecule has 0 amide bonds. The number of hydrogen-bond acceptors (Lipinski definition) is 4. The Morgan fingerprint density at radius 1 is 1.38 bits per heavy atom. The molecule has 1 unspecified atom stereocenters. The van der Waals surface area contributed by atoms with Gasteiger partial charge in [-0.3, -0.25) is 0 Å². The lowest BCUT2D eigenvalue weighted by molar-refractivity contribution is -0.253. The predicted molar refractivity (Wildman–Crippen MR) is 63.5 cm³/mol. The molecule has 1 N–H and O–H groups in total. The molecule has 96 valence electrons. The van der Waals surface area contributed by atoms with Crippen LogP contribution in [0.1, 0.15) is 33.6 Å². The Hall–Kier alpha value is -0.160. The van der Waals surface area contributed by atoms with E-state index >= 15 is 0 Å². The van der Waals surface area contributed by atoms with E-state index in [1.165, 1.54) is 0 Å². The van der Waals surface area contributed by atoms with Crippen LogP contribution in [0.15, 0.2) is 0 Å². The fourth-order valence-electron chi connectivity index (χ4n) is 1.89. The highest BCUT2D eigenvalue weighted by Crippen LogP contribution is 2.17. The van der Waals surface area contributed by atoms with Crippen LogP contribution in [-0.2, 0) is 14.2 Å². The average Bonchev–Trinajstić information content (AvgIpc) is 2.22. The van der Waals surface area contributed by atoms with Crippen LogP contribution < -0.4 is 5.32 Å². The molecule has 16 heavy (non-hydrogen) atoms. The maximum absolute atomic E-state index is 5.61. The van der Waals surface area contributed by atoms with Crippen LogP contribution in [-0.4, -0.2) is 44.8 Å². The fourth-order valence-corrected chi connectivity index (χ4v) is 1.89. The third kappa shape index (κ3) is 4.78. The van der Waals surface area contributed by atoms with E-state index in [0.717, 1.165) is 19.4 Å². The number of ether oxygens (including phenoxy) is 3. The summed E-state index contributed by atoms with van der Waals surface area (Å²) in [6, 6.07) is 0.674. The van der Waals surface area contributed by atoms with Crippen LogP contribution in [0, 0.1) is 0 Å². The highest BCUT2D eigenvalue weighted by Gasteiger charge is 2.29. The van der Waals surface area contributed by atoms with E-state index in [9.17, 15) is 0 Å². The first kappa shape index (κ1) is 13.9. The largest absolute Gasteiger partial charge is 0.383 e. The van der Waals surface area contributed by atoms with Gasteiger partial charge in [-0.15, -0.1) is 0 Å². The van der Waals surface area contributed by atoms with Gasteiger partial charge < -0.3 is 19.5 Å². The Kier molecular flexibility index (Phi) is 5.69. The van der Waals surface area contributed by atoms with Crippen molar-refractivity contribution in [3.05, 3.63) is 0 Å². The summed E-state index contributed by atoms with van der Waals surface area (Å²) in [5.41, 5.74) is 0. The van der Waals surface area contributed by atoms with Gasteiger partial charge in [0.05, 0.1) is 25.9 Å². The molecule has 1 atom stereocenters. The van der Waals surface area contributed by atoms with Gasteiger partial charge in [0.25, 0.3) is 0 Å². The van der Waals surface area contributed by atoms with Crippen LogP contribution in [0.5, 0.6) is 0 Å². The van der Waals surface area contributed by atoms with Crippen molar-refractivity contribution in [1.82, 2.24) is 5.32 Å². The number of hydrogen-bond donors (Lipinski definition) is 1. The minimum Gasteiger partial charge on any atom is -0.383 e. The first-order valence-corrected chi connectivity index (χ1v) is 6.10. The molecular formula is C12H25NO3. The molecule has 0 aromatic carbocycles. The van der Waals surface area contributed by atoms with Crippen LogP contribution in [0.25, 0.3) is 0 Å². The second kappa shape index (κ2) is 6.55. The molecule has 0 spiro atoms. The Morgan fingerprint density at radius 2 is 2.00 bits per heavy atom. The molecule has 0 aliphatic carbocycles. The molecule has 1 aliphatic rings. The van der Waals surface area contributed by atoms with Crippen molar-refractivity contribution in [2.75, 3.05) is 26.9 Å². The van der Waals surface area contributed by atoms with Crippen molar-refractivity contribution < 1.29 is 14.2 Å². The molecule has 0 bridgehead atoms. The van der Waals surface area contributed by atoms with Gasteiger partial charge in [0.15, 0.2) is 5.79 Å². The van der Waals surface area contributed by atoms with Gasteiger partial charge in [-0.2, -0.15) is 0 Å². The van der Waals surface area contributed by atoms with Crippen molar-refractivity contribution in [3.8, 4) is 0 Å². The first-order chi connectivity index (χ1) is 7.57. The molecule has 4 nitrogen and oxygen atoms in total. The van der Waals surface area contributed by atoms with Gasteiger partial charge in [0.2, 0.25) is 0 Å². The Labute approximate surface area is 98.6 Å². The van der Waals surface area contributed by atoms with Gasteiger partial charge in [0.1, 0.15) is 0 Å². The molecule has 0 aromatic rings. The normalized spacial score (nSPS) is 23.2. The second-order valence-corrected chi connectivity index (χ2v) is 4.83. The van der Waals surface area contributed by atoms with Crippen LogP contribution >= 0.6 is 0 Å². The second-order valence-electron chi connectivity index (χ2n) is 4.83. The predicted octanol–water partition coefficient (Wildman–Crippen LogP) is 1.54. The van der Waals surface area contributed by atoms with Gasteiger partial charge in [-0.25, -0.2) is 0 Å². The van der Waals surface area contributed by atoms with E-state index in [0.29, 0.717) is 19.3 Å². The molecule has 0 saturated carbocycles. The Morgan fingerprint density at radius 3 is 2.50 bits per heavy atom. The summed E-state index contributed by atoms with van der Waals surface area (Å²) in [6.45, 7) is 8.23. The molecular weight excluding hydrogens is 206 g/mol. The first-order valence-electron chi connectivity index (χ1n) is 6.10. The summed E-state index contributed by atoms with van der Waals surface area (Å²) >= 11 is 0. The topological polar surface area (TPSA) is 39.7 Å². The van der Waals surface area contributed by atoms with Crippen LogP contribution in [0.2, 0.25) is 0 Å². The maximum Gasteiger partial charge on any atom is 0.162 e. The van der Waals surface area contributed by atoms with E-state index in [2.05, 4.69) is 12.2 Å². The van der Waals surface area contributed by atoms with Crippen LogP contribution in [0.4, 0.5) is 0 Å². The molecule has 1 fully saturated rings.